The van der Waals surface area contributed by atoms with Crippen molar-refractivity contribution in [2.75, 3.05) is 19.6 Å². The number of nitrogens with one attached hydrogen (secondary N) is 1. The second kappa shape index (κ2) is 7.34. The zero-order valence-electron chi connectivity index (χ0n) is 15.1. The van der Waals surface area contributed by atoms with Gasteiger partial charge in [0.2, 0.25) is 5.89 Å². The molecule has 1 aliphatic rings. The molecular formula is C17H31N5O. The summed E-state index contributed by atoms with van der Waals surface area (Å²) in [4.78, 5) is 11.4. The molecule has 0 radical (unpaired) electrons. The van der Waals surface area contributed by atoms with Gasteiger partial charge >= 0.3 is 0 Å². The zero-order valence-corrected chi connectivity index (χ0v) is 15.1. The predicted octanol–water partition coefficient (Wildman–Crippen LogP) is 2.21. The van der Waals surface area contributed by atoms with Crippen LogP contribution in [-0.4, -0.2) is 41.0 Å². The van der Waals surface area contributed by atoms with Crippen LogP contribution in [0, 0.1) is 19.8 Å². The maximum atomic E-state index is 5.93. The number of likely N-dealkylation sites (tertiary alicyclic amines) is 1. The molecule has 0 atom stereocenters. The normalized spacial score (nSPS) is 18.4. The average molecular weight is 321 g/mol. The van der Waals surface area contributed by atoms with Crippen LogP contribution >= 0.6 is 0 Å². The highest BCUT2D eigenvalue weighted by Gasteiger charge is 2.21. The Kier molecular flexibility index (Phi) is 5.68. The number of nitrogens with two attached hydrogens (primary N) is 1. The van der Waals surface area contributed by atoms with Crippen molar-refractivity contribution >= 4 is 5.96 Å². The van der Waals surface area contributed by atoms with Crippen LogP contribution in [0.25, 0.3) is 0 Å². The van der Waals surface area contributed by atoms with Gasteiger partial charge in [0.1, 0.15) is 5.76 Å². The van der Waals surface area contributed by atoms with Gasteiger partial charge in [-0.15, -0.1) is 0 Å². The second-order valence-electron chi connectivity index (χ2n) is 7.57. The minimum absolute atomic E-state index is 0.0384. The molecule has 1 aliphatic heterocycles. The molecule has 1 aromatic rings. The summed E-state index contributed by atoms with van der Waals surface area (Å²) in [6.07, 6.45) is 2.29. The van der Waals surface area contributed by atoms with E-state index in [1.54, 1.807) is 0 Å². The first-order valence-corrected chi connectivity index (χ1v) is 8.46. The van der Waals surface area contributed by atoms with Crippen molar-refractivity contribution in [2.24, 2.45) is 16.6 Å². The minimum Gasteiger partial charge on any atom is -0.444 e. The molecule has 0 bridgehead atoms. The van der Waals surface area contributed by atoms with Crippen molar-refractivity contribution in [3.8, 4) is 0 Å². The van der Waals surface area contributed by atoms with Gasteiger partial charge in [-0.2, -0.15) is 0 Å². The molecule has 1 aromatic heterocycles. The maximum Gasteiger partial charge on any atom is 0.208 e. The van der Waals surface area contributed by atoms with E-state index in [9.17, 15) is 0 Å². The third kappa shape index (κ3) is 5.86. The van der Waals surface area contributed by atoms with E-state index in [1.807, 2.05) is 13.8 Å². The number of aromatic nitrogens is 1. The molecule has 23 heavy (non-hydrogen) atoms. The number of aryl methyl sites for hydroxylation is 2. The first-order valence-electron chi connectivity index (χ1n) is 8.46. The van der Waals surface area contributed by atoms with Crippen LogP contribution < -0.4 is 11.1 Å². The van der Waals surface area contributed by atoms with Gasteiger partial charge in [0.15, 0.2) is 5.96 Å². The molecule has 130 valence electrons. The van der Waals surface area contributed by atoms with Crippen molar-refractivity contribution in [3.05, 3.63) is 17.3 Å². The van der Waals surface area contributed by atoms with Crippen LogP contribution in [0.5, 0.6) is 0 Å². The first kappa shape index (κ1) is 17.8. The third-order valence-corrected chi connectivity index (χ3v) is 4.16. The van der Waals surface area contributed by atoms with E-state index in [-0.39, 0.29) is 5.54 Å². The smallest absolute Gasteiger partial charge is 0.208 e. The van der Waals surface area contributed by atoms with Gasteiger partial charge in [-0.3, -0.25) is 9.89 Å². The van der Waals surface area contributed by atoms with Crippen LogP contribution in [0.15, 0.2) is 9.41 Å². The van der Waals surface area contributed by atoms with Crippen molar-refractivity contribution in [2.45, 2.75) is 59.5 Å². The highest BCUT2D eigenvalue weighted by molar-refractivity contribution is 5.78. The largest absolute Gasteiger partial charge is 0.444 e. The Morgan fingerprint density at radius 2 is 2.00 bits per heavy atom. The summed E-state index contributed by atoms with van der Waals surface area (Å²) in [6, 6.07) is 0. The number of hydrogen-bond acceptors (Lipinski definition) is 4. The minimum atomic E-state index is -0.0384. The Bertz CT molecular complexity index is 516. The van der Waals surface area contributed by atoms with Crippen LogP contribution in [0.3, 0.4) is 0 Å². The van der Waals surface area contributed by atoms with E-state index in [1.165, 1.54) is 0 Å². The Morgan fingerprint density at radius 1 is 1.35 bits per heavy atom. The maximum absolute atomic E-state index is 5.93. The lowest BCUT2D eigenvalue weighted by molar-refractivity contribution is 0.166. The highest BCUT2D eigenvalue weighted by atomic mass is 16.4. The van der Waals surface area contributed by atoms with Crippen LogP contribution in [0.4, 0.5) is 0 Å². The lowest BCUT2D eigenvalue weighted by Crippen LogP contribution is -2.45. The van der Waals surface area contributed by atoms with E-state index < -0.39 is 0 Å². The first-order chi connectivity index (χ1) is 10.7. The summed E-state index contributed by atoms with van der Waals surface area (Å²) in [7, 11) is 0. The number of hydrogen-bond donors (Lipinski definition) is 2. The average Bonchev–Trinajstić information content (AvgIpc) is 2.74. The molecule has 0 unspecified atom stereocenters. The van der Waals surface area contributed by atoms with Gasteiger partial charge in [0.25, 0.3) is 0 Å². The number of oxazole rings is 1. The Labute approximate surface area is 139 Å². The fourth-order valence-corrected chi connectivity index (χ4v) is 2.78. The monoisotopic (exact) mass is 321 g/mol. The number of piperidine rings is 1. The fourth-order valence-electron chi connectivity index (χ4n) is 2.78. The molecule has 3 N–H and O–H groups in total. The van der Waals surface area contributed by atoms with Crippen LogP contribution in [0.2, 0.25) is 0 Å². The molecule has 1 saturated heterocycles. The molecule has 0 spiro atoms. The van der Waals surface area contributed by atoms with E-state index in [0.29, 0.717) is 11.9 Å². The highest BCUT2D eigenvalue weighted by Crippen LogP contribution is 2.20. The fraction of sp³-hybridized carbons (Fsp3) is 0.765. The zero-order chi connectivity index (χ0) is 17.0. The van der Waals surface area contributed by atoms with E-state index in [2.05, 4.69) is 41.0 Å². The van der Waals surface area contributed by atoms with Gasteiger partial charge in [-0.1, -0.05) is 0 Å². The lowest BCUT2D eigenvalue weighted by atomic mass is 9.97. The number of nitrogens with zero attached hydrogens (tertiary/aromatic N) is 3. The van der Waals surface area contributed by atoms with Crippen molar-refractivity contribution in [3.63, 3.8) is 0 Å². The lowest BCUT2D eigenvalue weighted by Gasteiger charge is -2.30. The van der Waals surface area contributed by atoms with Gasteiger partial charge < -0.3 is 15.5 Å². The predicted molar refractivity (Wildman–Crippen MR) is 93.4 cm³/mol. The van der Waals surface area contributed by atoms with E-state index >= 15 is 0 Å². The Morgan fingerprint density at radius 3 is 2.52 bits per heavy atom. The van der Waals surface area contributed by atoms with Gasteiger partial charge in [0.05, 0.1) is 12.2 Å². The summed E-state index contributed by atoms with van der Waals surface area (Å²) in [5.41, 5.74) is 6.88. The summed E-state index contributed by atoms with van der Waals surface area (Å²) >= 11 is 0. The molecule has 0 aromatic carbocycles. The van der Waals surface area contributed by atoms with Crippen molar-refractivity contribution < 1.29 is 4.42 Å². The SMILES string of the molecule is Cc1nc(CN2CCC(CN=C(N)NC(C)(C)C)CC2)oc1C. The van der Waals surface area contributed by atoms with Crippen LogP contribution in [0.1, 0.15) is 51.0 Å². The molecular weight excluding hydrogens is 290 g/mol. The van der Waals surface area contributed by atoms with Gasteiger partial charge in [-0.25, -0.2) is 4.98 Å². The second-order valence-corrected chi connectivity index (χ2v) is 7.57. The molecule has 0 saturated carbocycles. The molecule has 2 rings (SSSR count). The number of guanidine groups is 1. The van der Waals surface area contributed by atoms with Gasteiger partial charge in [-0.05, 0) is 66.5 Å². The van der Waals surface area contributed by atoms with E-state index in [4.69, 9.17) is 10.2 Å². The Balaban J connectivity index is 1.74. The number of aliphatic imine (C=N–C) groups is 1. The van der Waals surface area contributed by atoms with Gasteiger partial charge in [0, 0.05) is 12.1 Å². The van der Waals surface area contributed by atoms with Crippen LogP contribution in [-0.2, 0) is 6.54 Å². The topological polar surface area (TPSA) is 79.7 Å². The molecule has 6 nitrogen and oxygen atoms in total. The summed E-state index contributed by atoms with van der Waals surface area (Å²) in [5, 5.41) is 3.20. The molecule has 6 heteroatoms. The Hall–Kier alpha value is -1.56. The summed E-state index contributed by atoms with van der Waals surface area (Å²) in [5.74, 6) is 2.91. The third-order valence-electron chi connectivity index (χ3n) is 4.16. The standard InChI is InChI=1S/C17H31N5O/c1-12-13(2)23-15(20-12)11-22-8-6-14(7-9-22)10-19-16(18)21-17(3,4)5/h14H,6-11H2,1-5H3,(H3,18,19,21). The molecule has 1 fully saturated rings. The quantitative estimate of drug-likeness (QED) is 0.656. The number of rotatable bonds is 4. The summed E-state index contributed by atoms with van der Waals surface area (Å²) < 4.78 is 5.67. The van der Waals surface area contributed by atoms with Crippen molar-refractivity contribution in [1.29, 1.82) is 0 Å². The van der Waals surface area contributed by atoms with E-state index in [0.717, 1.165) is 56.4 Å². The molecule has 2 heterocycles. The van der Waals surface area contributed by atoms with Crippen molar-refractivity contribution in [1.82, 2.24) is 15.2 Å². The molecule has 0 amide bonds. The summed E-state index contributed by atoms with van der Waals surface area (Å²) in [6.45, 7) is 13.9. The molecule has 0 aliphatic carbocycles.